The molecule has 14 heteroatoms. The molecule has 1 N–H and O–H groups in total. The average molecular weight is 1530 g/mol. The van der Waals surface area contributed by atoms with Crippen molar-refractivity contribution < 1.29 is 0 Å². The van der Waals surface area contributed by atoms with Gasteiger partial charge in [0.15, 0.2) is 0 Å². The van der Waals surface area contributed by atoms with Crippen LogP contribution < -0.4 is 75.9 Å². The van der Waals surface area contributed by atoms with Gasteiger partial charge in [-0.2, -0.15) is 0 Å². The van der Waals surface area contributed by atoms with Gasteiger partial charge in [-0.05, 0) is 101 Å². The summed E-state index contributed by atoms with van der Waals surface area (Å²) in [6.07, 6.45) is 0.903. The maximum absolute atomic E-state index is 4.32. The van der Waals surface area contributed by atoms with Crippen molar-refractivity contribution in [3.8, 4) is 22.7 Å². The molecule has 2 bridgehead atoms. The zero-order valence-corrected chi connectivity index (χ0v) is 67.7. The molecule has 4 saturated heterocycles. The van der Waals surface area contributed by atoms with Gasteiger partial charge in [0.25, 0.3) is 0 Å². The molecule has 29 rings (SSSR count). The zero-order chi connectivity index (χ0) is 78.5. The van der Waals surface area contributed by atoms with Gasteiger partial charge in [0.1, 0.15) is 0 Å². The standard InChI is InChI=1S/C30H23B5N2P.3C25H18BN/c1-3-11-21(12-4-1)32-24-16-7-8-18-26(24)37-27-19-10-20-28(29(27)23-15-9-17-25(32)30(23)37)38(33-31-34(38)35(33)38)36-22-13-5-2-6-14-22;1-17-9-7-14-21-24(17)27-23-16-6-5-12-19(23)20-13-8-15-22(25(20)27)26(21)18-10-3-2-4-11-18;1-17-14-15-23-20(16-17)19-10-7-12-22-25(19)27(23)24-13-6-5-11-21(24)26(22)18-8-3-2-4-9-18;1-17-14-15-21-24(16-17)27-23-13-6-5-10-19(23)20-11-7-12-22(25(20)27)26(21)18-8-3-2-4-9-18/h1-20,36H,31H2;3*2-16H,1H3/q-1;;;. The van der Waals surface area contributed by atoms with Gasteiger partial charge in [0, 0.05) is 65.9 Å². The summed E-state index contributed by atoms with van der Waals surface area (Å²) in [7, 11) is 0.211. The fraction of sp³-hybridized carbons (Fsp3) is 0.0286. The molecule has 0 spiro atoms. The third kappa shape index (κ3) is 9.62. The summed E-state index contributed by atoms with van der Waals surface area (Å²) in [6.45, 7) is 7.63. The van der Waals surface area contributed by atoms with Crippen molar-refractivity contribution in [3.63, 3.8) is 0 Å². The van der Waals surface area contributed by atoms with Crippen LogP contribution in [0.3, 0.4) is 0 Å². The third-order valence-corrected chi connectivity index (χ3v) is 37.6. The normalized spacial score (nSPS) is 14.7. The number of hydrogen-bond acceptors (Lipinski definition) is 1. The van der Waals surface area contributed by atoms with Crippen molar-refractivity contribution in [1.29, 1.82) is 0 Å². The van der Waals surface area contributed by atoms with Crippen molar-refractivity contribution >= 4 is 223 Å². The molecule has 552 valence electrons. The molecule has 0 atom stereocenters. The van der Waals surface area contributed by atoms with Crippen molar-refractivity contribution in [2.75, 3.05) is 5.09 Å². The summed E-state index contributed by atoms with van der Waals surface area (Å²) in [6, 6.07) is 145. The second kappa shape index (κ2) is 26.1. The van der Waals surface area contributed by atoms with Crippen LogP contribution in [0.25, 0.3) is 110 Å². The first-order valence-corrected chi connectivity index (χ1v) is 45.2. The second-order valence-corrected chi connectivity index (χ2v) is 40.3. The van der Waals surface area contributed by atoms with E-state index in [1.807, 2.05) is 0 Å². The van der Waals surface area contributed by atoms with Crippen molar-refractivity contribution in [2.24, 2.45) is 0 Å². The molecule has 21 aromatic rings. The first-order chi connectivity index (χ1) is 58.8. The third-order valence-electron chi connectivity index (χ3n) is 29.1. The molecule has 119 heavy (non-hydrogen) atoms. The Bertz CT molecular complexity index is 7800. The SMILES string of the molecule is Cc1ccc2c(c1)-n1c3ccccc3c3cccc(c31)B2c1ccccc1.Cc1ccc2c(c1)c1cccc3c1n2-c1ccccc1B3c1ccccc1.Cc1cccc2c1-n1c3ccccc3c3cccc(c31)B2c1ccccc1.[BH2-]1B2B3B1P23(Nc1ccccc1)c1cccc2c1c1cccc3c1n2-c1ccccc1B3c1ccccc1. The van der Waals surface area contributed by atoms with Crippen LogP contribution in [0.15, 0.2) is 394 Å². The topological polar surface area (TPSA) is 31.8 Å². The molecule has 4 fully saturated rings. The van der Waals surface area contributed by atoms with E-state index in [-0.39, 0.29) is 33.9 Å². The van der Waals surface area contributed by atoms with Crippen LogP contribution in [0.2, 0.25) is 0 Å². The van der Waals surface area contributed by atoms with E-state index in [1.54, 1.807) is 5.30 Å². The molecule has 17 aromatic carbocycles. The van der Waals surface area contributed by atoms with Gasteiger partial charge in [-0.25, -0.2) is 0 Å². The molecular formula is C105H77B8N5P-. The molecular weight excluding hydrogens is 1450 g/mol. The molecule has 4 aromatic heterocycles. The summed E-state index contributed by atoms with van der Waals surface area (Å²) < 4.78 is 10.0. The Morgan fingerprint density at radius 1 is 0.261 bits per heavy atom. The summed E-state index contributed by atoms with van der Waals surface area (Å²) in [5.74, 6) is 0. The number of nitrogens with zero attached hydrogens (tertiary/aromatic N) is 4. The summed E-state index contributed by atoms with van der Waals surface area (Å²) >= 11 is 0. The summed E-state index contributed by atoms with van der Waals surface area (Å²) in [4.78, 5) is 0. The Balaban J connectivity index is 0.0000000893. The summed E-state index contributed by atoms with van der Waals surface area (Å²) in [5.41, 5.74) is 37.9. The minimum absolute atomic E-state index is 0.211. The first kappa shape index (κ1) is 68.9. The zero-order valence-electron chi connectivity index (χ0n) is 66.8. The molecule has 12 heterocycles. The Labute approximate surface area is 695 Å². The van der Waals surface area contributed by atoms with Crippen LogP contribution in [0.1, 0.15) is 16.7 Å². The van der Waals surface area contributed by atoms with E-state index >= 15 is 0 Å². The average Bonchev–Trinajstić information content (AvgIpc) is 1.35. The summed E-state index contributed by atoms with van der Waals surface area (Å²) in [5, 5.41) is 17.0. The Morgan fingerprint density at radius 2 is 0.613 bits per heavy atom. The van der Waals surface area contributed by atoms with Crippen LogP contribution in [-0.2, 0) is 0 Å². The quantitative estimate of drug-likeness (QED) is 0.125. The number of aryl methyl sites for hydroxylation is 3. The van der Waals surface area contributed by atoms with Gasteiger partial charge in [-0.3, -0.25) is 0 Å². The number of para-hydroxylation sites is 10. The predicted octanol–water partition coefficient (Wildman–Crippen LogP) is 14.9. The second-order valence-electron chi connectivity index (χ2n) is 34.7. The Hall–Kier alpha value is -13.3. The number of benzene rings is 17. The predicted molar refractivity (Wildman–Crippen MR) is 524 cm³/mol. The van der Waals surface area contributed by atoms with Gasteiger partial charge in [0.05, 0.1) is 16.6 Å². The number of fused-ring (bicyclic) bond motifs is 20. The Morgan fingerprint density at radius 3 is 1.14 bits per heavy atom. The number of nitrogens with one attached hydrogen (secondary N) is 1. The fourth-order valence-corrected chi connectivity index (χ4v) is 34.6. The van der Waals surface area contributed by atoms with E-state index in [1.165, 1.54) is 198 Å². The molecule has 0 amide bonds. The van der Waals surface area contributed by atoms with Gasteiger partial charge in [-0.15, -0.1) is 0 Å². The van der Waals surface area contributed by atoms with E-state index < -0.39 is 6.39 Å². The fourth-order valence-electron chi connectivity index (χ4n) is 24.2. The van der Waals surface area contributed by atoms with E-state index in [0.29, 0.717) is 0 Å². The van der Waals surface area contributed by atoms with Crippen LogP contribution in [0.5, 0.6) is 0 Å². The van der Waals surface area contributed by atoms with Crippen LogP contribution in [0.4, 0.5) is 5.69 Å². The van der Waals surface area contributed by atoms with Crippen molar-refractivity contribution in [2.45, 2.75) is 20.8 Å². The van der Waals surface area contributed by atoms with Gasteiger partial charge >= 0.3 is 225 Å². The van der Waals surface area contributed by atoms with Gasteiger partial charge in [-0.1, -0.05) is 259 Å². The van der Waals surface area contributed by atoms with E-state index in [0.717, 1.165) is 18.6 Å². The Kier molecular flexibility index (Phi) is 15.1. The molecule has 5 nitrogen and oxygen atoms in total. The number of hydrogen-bond donors (Lipinski definition) is 1. The first-order valence-electron chi connectivity index (χ1n) is 42.7. The number of aromatic nitrogens is 4. The maximum atomic E-state index is 4.32. The van der Waals surface area contributed by atoms with E-state index in [4.69, 9.17) is 0 Å². The molecule has 0 aliphatic carbocycles. The number of anilines is 1. The monoisotopic (exact) mass is 1530 g/mol. The van der Waals surface area contributed by atoms with Gasteiger partial charge < -0.3 is 13.7 Å². The molecule has 0 unspecified atom stereocenters. The molecule has 8 aliphatic heterocycles. The van der Waals surface area contributed by atoms with Crippen molar-refractivity contribution in [3.05, 3.63) is 411 Å². The van der Waals surface area contributed by atoms with E-state index in [9.17, 15) is 0 Å². The van der Waals surface area contributed by atoms with Crippen LogP contribution in [-0.4, -0.2) is 70.8 Å². The van der Waals surface area contributed by atoms with Gasteiger partial charge in [0.2, 0.25) is 20.1 Å². The molecule has 0 saturated carbocycles. The van der Waals surface area contributed by atoms with Crippen LogP contribution >= 0.6 is 6.39 Å². The number of rotatable bonds is 7. The molecule has 0 radical (unpaired) electrons. The minimum atomic E-state index is -2.07. The molecule has 8 aliphatic rings. The van der Waals surface area contributed by atoms with Crippen LogP contribution in [0, 0.1) is 20.8 Å². The van der Waals surface area contributed by atoms with E-state index in [2.05, 4.69) is 438 Å². The van der Waals surface area contributed by atoms with Crippen molar-refractivity contribution in [1.82, 2.24) is 18.3 Å².